The Balaban J connectivity index is 2.18. The van der Waals surface area contributed by atoms with Crippen molar-refractivity contribution in [2.45, 2.75) is 57.9 Å². The van der Waals surface area contributed by atoms with Crippen LogP contribution in [0.15, 0.2) is 0 Å². The predicted molar refractivity (Wildman–Crippen MR) is 88.5 cm³/mol. The Bertz CT molecular complexity index is 395. The van der Waals surface area contributed by atoms with Crippen LogP contribution in [-0.2, 0) is 14.4 Å². The van der Waals surface area contributed by atoms with Crippen molar-refractivity contribution in [1.29, 1.82) is 0 Å². The summed E-state index contributed by atoms with van der Waals surface area (Å²) in [5.41, 5.74) is 5.78. The van der Waals surface area contributed by atoms with Crippen molar-refractivity contribution in [3.05, 3.63) is 0 Å². The molecule has 1 fully saturated rings. The minimum Gasteiger partial charge on any atom is -0.355 e. The van der Waals surface area contributed by atoms with E-state index in [1.54, 1.807) is 0 Å². The van der Waals surface area contributed by atoms with E-state index in [0.717, 1.165) is 12.8 Å². The first-order valence-electron chi connectivity index (χ1n) is 8.53. The summed E-state index contributed by atoms with van der Waals surface area (Å²) in [7, 11) is 0. The molecule has 0 heterocycles. The molecule has 0 bridgehead atoms. The Morgan fingerprint density at radius 3 is 2.22 bits per heavy atom. The fourth-order valence-corrected chi connectivity index (χ4v) is 2.94. The van der Waals surface area contributed by atoms with Crippen LogP contribution in [0.2, 0.25) is 0 Å². The van der Waals surface area contributed by atoms with Crippen LogP contribution in [0.3, 0.4) is 0 Å². The zero-order chi connectivity index (χ0) is 17.1. The minimum atomic E-state index is -0.188. The van der Waals surface area contributed by atoms with Crippen molar-refractivity contribution in [3.63, 3.8) is 0 Å². The van der Waals surface area contributed by atoms with E-state index in [0.29, 0.717) is 25.6 Å². The van der Waals surface area contributed by atoms with Crippen LogP contribution in [-0.4, -0.2) is 43.4 Å². The van der Waals surface area contributed by atoms with Gasteiger partial charge in [0, 0.05) is 45.4 Å². The van der Waals surface area contributed by atoms with Gasteiger partial charge in [-0.05, 0) is 18.8 Å². The van der Waals surface area contributed by atoms with E-state index >= 15 is 0 Å². The zero-order valence-electron chi connectivity index (χ0n) is 14.0. The molecular weight excluding hydrogens is 296 g/mol. The average Bonchev–Trinajstić information content (AvgIpc) is 2.55. The lowest BCUT2D eigenvalue weighted by Gasteiger charge is -2.30. The van der Waals surface area contributed by atoms with Gasteiger partial charge in [-0.15, -0.1) is 0 Å². The number of carbonyl (C=O) groups excluding carboxylic acids is 3. The van der Waals surface area contributed by atoms with Gasteiger partial charge in [0.2, 0.25) is 17.7 Å². The quantitative estimate of drug-likeness (QED) is 0.448. The second-order valence-electron chi connectivity index (χ2n) is 6.14. The first-order valence-corrected chi connectivity index (χ1v) is 8.53. The molecule has 0 aromatic carbocycles. The normalized spacial score (nSPS) is 16.4. The third kappa shape index (κ3) is 8.54. The molecule has 0 spiro atoms. The molecule has 1 unspecified atom stereocenters. The summed E-state index contributed by atoms with van der Waals surface area (Å²) in [4.78, 5) is 34.3. The van der Waals surface area contributed by atoms with Gasteiger partial charge in [0.05, 0.1) is 0 Å². The smallest absolute Gasteiger partial charge is 0.220 e. The van der Waals surface area contributed by atoms with Gasteiger partial charge < -0.3 is 21.7 Å². The van der Waals surface area contributed by atoms with Gasteiger partial charge in [-0.1, -0.05) is 19.3 Å². The second kappa shape index (κ2) is 11.0. The molecule has 1 aliphatic rings. The maximum absolute atomic E-state index is 12.0. The molecule has 23 heavy (non-hydrogen) atoms. The summed E-state index contributed by atoms with van der Waals surface area (Å²) in [6, 6.07) is 0.0191. The summed E-state index contributed by atoms with van der Waals surface area (Å²) in [5, 5.41) is 8.23. The summed E-state index contributed by atoms with van der Waals surface area (Å²) in [6.45, 7) is 2.63. The largest absolute Gasteiger partial charge is 0.355 e. The molecule has 7 nitrogen and oxygen atoms in total. The first-order chi connectivity index (χ1) is 11.0. The van der Waals surface area contributed by atoms with Gasteiger partial charge >= 0.3 is 0 Å². The van der Waals surface area contributed by atoms with Crippen molar-refractivity contribution in [2.24, 2.45) is 11.7 Å². The number of hydrogen-bond acceptors (Lipinski definition) is 4. The third-order valence-corrected chi connectivity index (χ3v) is 4.22. The van der Waals surface area contributed by atoms with Crippen LogP contribution in [0.25, 0.3) is 0 Å². The van der Waals surface area contributed by atoms with Gasteiger partial charge in [-0.2, -0.15) is 0 Å². The van der Waals surface area contributed by atoms with Gasteiger partial charge in [0.25, 0.3) is 0 Å². The highest BCUT2D eigenvalue weighted by molar-refractivity contribution is 5.83. The monoisotopic (exact) mass is 326 g/mol. The molecule has 7 heteroatoms. The average molecular weight is 326 g/mol. The molecule has 0 aromatic heterocycles. The molecule has 1 atom stereocenters. The predicted octanol–water partition coefficient (Wildman–Crippen LogP) is 0.0427. The van der Waals surface area contributed by atoms with Gasteiger partial charge in [0.1, 0.15) is 0 Å². The lowest BCUT2D eigenvalue weighted by atomic mass is 9.84. The molecule has 0 radical (unpaired) electrons. The highest BCUT2D eigenvalue weighted by Crippen LogP contribution is 2.26. The molecule has 1 aliphatic carbocycles. The Kier molecular flexibility index (Phi) is 9.28. The molecule has 0 saturated heterocycles. The number of rotatable bonds is 9. The van der Waals surface area contributed by atoms with Crippen molar-refractivity contribution < 1.29 is 14.4 Å². The van der Waals surface area contributed by atoms with E-state index in [4.69, 9.17) is 5.73 Å². The maximum Gasteiger partial charge on any atom is 0.220 e. The number of carbonyl (C=O) groups is 3. The standard InChI is InChI=1S/C16H30N4O3/c1-12(21)18-9-10-19-15(22)7-8-16(23)20-14(11-17)13-5-3-2-4-6-13/h13-14H,2-11,17H2,1H3,(H,18,21)(H,19,22)(H,20,23). The molecular formula is C16H30N4O3. The van der Waals surface area contributed by atoms with Crippen LogP contribution >= 0.6 is 0 Å². The number of hydrogen-bond donors (Lipinski definition) is 4. The summed E-state index contributed by atoms with van der Waals surface area (Å²) < 4.78 is 0. The van der Waals surface area contributed by atoms with E-state index in [1.165, 1.54) is 26.2 Å². The Morgan fingerprint density at radius 1 is 1.00 bits per heavy atom. The molecule has 0 aromatic rings. The Morgan fingerprint density at radius 2 is 1.61 bits per heavy atom. The van der Waals surface area contributed by atoms with Crippen LogP contribution in [0, 0.1) is 5.92 Å². The van der Waals surface area contributed by atoms with E-state index < -0.39 is 0 Å². The van der Waals surface area contributed by atoms with Gasteiger partial charge in [-0.25, -0.2) is 0 Å². The maximum atomic E-state index is 12.0. The molecule has 0 aliphatic heterocycles. The van der Waals surface area contributed by atoms with Crippen LogP contribution in [0.1, 0.15) is 51.9 Å². The van der Waals surface area contributed by atoms with Gasteiger partial charge in [-0.3, -0.25) is 14.4 Å². The summed E-state index contributed by atoms with van der Waals surface area (Å²) in [5.74, 6) is 0.0221. The van der Waals surface area contributed by atoms with E-state index in [1.807, 2.05) is 0 Å². The lowest BCUT2D eigenvalue weighted by Crippen LogP contribution is -2.46. The lowest BCUT2D eigenvalue weighted by molar-refractivity contribution is -0.127. The fourth-order valence-electron chi connectivity index (χ4n) is 2.94. The summed E-state index contributed by atoms with van der Waals surface area (Å²) in [6.07, 6.45) is 6.21. The topological polar surface area (TPSA) is 113 Å². The molecule has 132 valence electrons. The van der Waals surface area contributed by atoms with Gasteiger partial charge in [0.15, 0.2) is 0 Å². The molecule has 1 rings (SSSR count). The van der Waals surface area contributed by atoms with Crippen molar-refractivity contribution in [2.75, 3.05) is 19.6 Å². The highest BCUT2D eigenvalue weighted by Gasteiger charge is 2.23. The van der Waals surface area contributed by atoms with E-state index in [9.17, 15) is 14.4 Å². The van der Waals surface area contributed by atoms with E-state index in [2.05, 4.69) is 16.0 Å². The van der Waals surface area contributed by atoms with Crippen molar-refractivity contribution in [3.8, 4) is 0 Å². The minimum absolute atomic E-state index is 0.0191. The van der Waals surface area contributed by atoms with Crippen molar-refractivity contribution >= 4 is 17.7 Å². The third-order valence-electron chi connectivity index (χ3n) is 4.22. The number of nitrogens with one attached hydrogen (secondary N) is 3. The van der Waals surface area contributed by atoms with Crippen molar-refractivity contribution in [1.82, 2.24) is 16.0 Å². The highest BCUT2D eigenvalue weighted by atomic mass is 16.2. The number of nitrogens with two attached hydrogens (primary N) is 1. The Hall–Kier alpha value is -1.63. The first kappa shape index (κ1) is 19.4. The molecule has 1 saturated carbocycles. The number of amides is 3. The Labute approximate surface area is 138 Å². The van der Waals surface area contributed by atoms with Crippen LogP contribution in [0.5, 0.6) is 0 Å². The zero-order valence-corrected chi connectivity index (χ0v) is 14.0. The summed E-state index contributed by atoms with van der Waals surface area (Å²) >= 11 is 0. The van der Waals surface area contributed by atoms with Crippen LogP contribution < -0.4 is 21.7 Å². The van der Waals surface area contributed by atoms with Crippen LogP contribution in [0.4, 0.5) is 0 Å². The molecule has 5 N–H and O–H groups in total. The second-order valence-corrected chi connectivity index (χ2v) is 6.14. The fraction of sp³-hybridized carbons (Fsp3) is 0.812. The molecule has 3 amide bonds. The van der Waals surface area contributed by atoms with E-state index in [-0.39, 0.29) is 36.6 Å². The SMILES string of the molecule is CC(=O)NCCNC(=O)CCC(=O)NC(CN)C1CCCCC1.